The van der Waals surface area contributed by atoms with Crippen LogP contribution in [0.25, 0.3) is 10.1 Å². The van der Waals surface area contributed by atoms with E-state index < -0.39 is 0 Å². The lowest BCUT2D eigenvalue weighted by Crippen LogP contribution is -2.18. The first-order valence-electron chi connectivity index (χ1n) is 7.78. The maximum atomic E-state index is 11.9. The summed E-state index contributed by atoms with van der Waals surface area (Å²) in [5, 5.41) is 3.73. The Morgan fingerprint density at radius 3 is 2.81 bits per heavy atom. The molecule has 0 bridgehead atoms. The van der Waals surface area contributed by atoms with Crippen molar-refractivity contribution in [2.75, 3.05) is 13.7 Å². The molecule has 1 aromatic carbocycles. The Labute approximate surface area is 158 Å². The minimum absolute atomic E-state index is 0.239. The van der Waals surface area contributed by atoms with Gasteiger partial charge in [0.2, 0.25) is 0 Å². The molecule has 0 unspecified atom stereocenters. The average molecular weight is 391 g/mol. The van der Waals surface area contributed by atoms with Crippen molar-refractivity contribution in [2.45, 2.75) is 6.92 Å². The zero-order valence-corrected chi connectivity index (χ0v) is 15.6. The van der Waals surface area contributed by atoms with Crippen LogP contribution >= 0.6 is 22.9 Å². The molecule has 8 heteroatoms. The van der Waals surface area contributed by atoms with E-state index in [1.165, 1.54) is 30.6 Å². The van der Waals surface area contributed by atoms with Crippen LogP contribution in [0.15, 0.2) is 36.5 Å². The molecule has 3 aromatic rings. The van der Waals surface area contributed by atoms with Crippen molar-refractivity contribution < 1.29 is 19.1 Å². The van der Waals surface area contributed by atoms with Gasteiger partial charge in [0.15, 0.2) is 0 Å². The number of benzene rings is 1. The van der Waals surface area contributed by atoms with Crippen molar-refractivity contribution in [3.05, 3.63) is 52.1 Å². The van der Waals surface area contributed by atoms with Crippen molar-refractivity contribution in [1.29, 1.82) is 0 Å². The highest BCUT2D eigenvalue weighted by molar-refractivity contribution is 7.21. The maximum Gasteiger partial charge on any atom is 0.348 e. The van der Waals surface area contributed by atoms with Crippen LogP contribution in [0.5, 0.6) is 11.5 Å². The second kappa shape index (κ2) is 7.72. The number of ether oxygens (including phenoxy) is 2. The van der Waals surface area contributed by atoms with E-state index in [-0.39, 0.29) is 17.6 Å². The summed E-state index contributed by atoms with van der Waals surface area (Å²) in [5.74, 6) is 0.165. The highest BCUT2D eigenvalue weighted by atomic mass is 35.5. The molecular weight excluding hydrogens is 376 g/mol. The number of hydrogen-bond donors (Lipinski definition) is 1. The molecule has 1 N–H and O–H groups in total. The monoisotopic (exact) mass is 390 g/mol. The van der Waals surface area contributed by atoms with E-state index in [1.807, 2.05) is 6.07 Å². The molecule has 0 aliphatic rings. The van der Waals surface area contributed by atoms with Gasteiger partial charge in [-0.15, -0.1) is 11.3 Å². The number of pyridine rings is 1. The molecule has 0 radical (unpaired) electrons. The summed E-state index contributed by atoms with van der Waals surface area (Å²) >= 11 is 7.70. The number of esters is 1. The van der Waals surface area contributed by atoms with Crippen LogP contribution in [0.3, 0.4) is 0 Å². The van der Waals surface area contributed by atoms with Crippen molar-refractivity contribution in [2.24, 2.45) is 0 Å². The summed E-state index contributed by atoms with van der Waals surface area (Å²) in [6.45, 7) is 2.07. The minimum Gasteiger partial charge on any atom is -0.462 e. The lowest BCUT2D eigenvalue weighted by Gasteiger charge is -2.09. The van der Waals surface area contributed by atoms with Crippen LogP contribution in [0.2, 0.25) is 5.02 Å². The fraction of sp³-hybridized carbons (Fsp3) is 0.167. The van der Waals surface area contributed by atoms with Crippen LogP contribution < -0.4 is 10.1 Å². The van der Waals surface area contributed by atoms with E-state index in [4.69, 9.17) is 21.1 Å². The molecule has 26 heavy (non-hydrogen) atoms. The standard InChI is InChI=1S/C18H15ClN2O4S/c1-3-24-18(23)14-8-10-4-5-13(15(19)16(10)26-14)25-11-6-7-21-12(9-11)17(22)20-2/h4-9H,3H2,1-2H3,(H,20,22). The summed E-state index contributed by atoms with van der Waals surface area (Å²) in [7, 11) is 1.53. The van der Waals surface area contributed by atoms with Gasteiger partial charge in [0.05, 0.1) is 11.3 Å². The van der Waals surface area contributed by atoms with Gasteiger partial charge in [0.25, 0.3) is 5.91 Å². The molecule has 2 heterocycles. The van der Waals surface area contributed by atoms with Crippen molar-refractivity contribution in [1.82, 2.24) is 10.3 Å². The Kier molecular flexibility index (Phi) is 5.39. The number of aromatic nitrogens is 1. The molecular formula is C18H15ClN2O4S. The van der Waals surface area contributed by atoms with Gasteiger partial charge in [-0.2, -0.15) is 0 Å². The molecule has 0 atom stereocenters. The number of carbonyl (C=O) groups is 2. The number of carbonyl (C=O) groups excluding carboxylic acids is 2. The number of thiophene rings is 1. The predicted octanol–water partition coefficient (Wildman–Crippen LogP) is 4.28. The van der Waals surface area contributed by atoms with Gasteiger partial charge in [-0.25, -0.2) is 4.79 Å². The number of nitrogens with one attached hydrogen (secondary N) is 1. The van der Waals surface area contributed by atoms with Crippen molar-refractivity contribution in [3.63, 3.8) is 0 Å². The first-order valence-corrected chi connectivity index (χ1v) is 8.98. The Morgan fingerprint density at radius 1 is 1.27 bits per heavy atom. The average Bonchev–Trinajstić information content (AvgIpc) is 3.09. The fourth-order valence-electron chi connectivity index (χ4n) is 2.29. The van der Waals surface area contributed by atoms with Gasteiger partial charge in [-0.1, -0.05) is 11.6 Å². The fourth-order valence-corrected chi connectivity index (χ4v) is 3.60. The van der Waals surface area contributed by atoms with Gasteiger partial charge < -0.3 is 14.8 Å². The van der Waals surface area contributed by atoms with E-state index in [9.17, 15) is 9.59 Å². The minimum atomic E-state index is -0.378. The third kappa shape index (κ3) is 3.63. The summed E-state index contributed by atoms with van der Waals surface area (Å²) in [6.07, 6.45) is 1.48. The Morgan fingerprint density at radius 2 is 2.08 bits per heavy atom. The lowest BCUT2D eigenvalue weighted by molar-refractivity contribution is 0.0532. The molecule has 2 aromatic heterocycles. The number of halogens is 1. The first kappa shape index (κ1) is 18.2. The van der Waals surface area contributed by atoms with Gasteiger partial charge in [-0.3, -0.25) is 9.78 Å². The van der Waals surface area contributed by atoms with E-state index in [2.05, 4.69) is 10.3 Å². The molecule has 0 aliphatic carbocycles. The zero-order chi connectivity index (χ0) is 18.7. The normalized spacial score (nSPS) is 10.6. The summed E-state index contributed by atoms with van der Waals surface area (Å²) < 4.78 is 11.6. The highest BCUT2D eigenvalue weighted by Crippen LogP contribution is 2.40. The molecule has 0 aliphatic heterocycles. The second-order valence-corrected chi connectivity index (χ2v) is 6.62. The number of rotatable bonds is 5. The molecule has 3 rings (SSSR count). The molecule has 0 saturated carbocycles. The molecule has 0 fully saturated rings. The van der Waals surface area contributed by atoms with Crippen LogP contribution in [0, 0.1) is 0 Å². The summed E-state index contributed by atoms with van der Waals surface area (Å²) in [5.41, 5.74) is 0.239. The summed E-state index contributed by atoms with van der Waals surface area (Å²) in [4.78, 5) is 28.1. The second-order valence-electron chi connectivity index (χ2n) is 5.19. The van der Waals surface area contributed by atoms with Crippen LogP contribution in [-0.4, -0.2) is 30.5 Å². The Balaban J connectivity index is 1.92. The van der Waals surface area contributed by atoms with Crippen molar-refractivity contribution in [3.8, 4) is 11.5 Å². The van der Waals surface area contributed by atoms with Gasteiger partial charge in [-0.05, 0) is 36.6 Å². The van der Waals surface area contributed by atoms with Crippen LogP contribution in [0.1, 0.15) is 27.1 Å². The lowest BCUT2D eigenvalue weighted by atomic mass is 10.2. The van der Waals surface area contributed by atoms with Crippen LogP contribution in [0.4, 0.5) is 0 Å². The van der Waals surface area contributed by atoms with E-state index in [0.717, 1.165) is 10.1 Å². The first-order chi connectivity index (χ1) is 12.5. The van der Waals surface area contributed by atoms with E-state index >= 15 is 0 Å². The number of hydrogen-bond acceptors (Lipinski definition) is 6. The maximum absolute atomic E-state index is 11.9. The molecule has 134 valence electrons. The quantitative estimate of drug-likeness (QED) is 0.658. The van der Waals surface area contributed by atoms with E-state index in [1.54, 1.807) is 25.1 Å². The third-order valence-electron chi connectivity index (χ3n) is 3.49. The van der Waals surface area contributed by atoms with Gasteiger partial charge in [0, 0.05) is 19.3 Å². The van der Waals surface area contributed by atoms with Crippen LogP contribution in [-0.2, 0) is 4.74 Å². The Hall–Kier alpha value is -2.64. The number of fused-ring (bicyclic) bond motifs is 1. The smallest absolute Gasteiger partial charge is 0.348 e. The van der Waals surface area contributed by atoms with Gasteiger partial charge in [0.1, 0.15) is 27.1 Å². The Bertz CT molecular complexity index is 986. The van der Waals surface area contributed by atoms with Gasteiger partial charge >= 0.3 is 5.97 Å². The molecule has 0 spiro atoms. The largest absolute Gasteiger partial charge is 0.462 e. The SMILES string of the molecule is CCOC(=O)c1cc2ccc(Oc3ccnc(C(=O)NC)c3)c(Cl)c2s1. The molecule has 6 nitrogen and oxygen atoms in total. The predicted molar refractivity (Wildman–Crippen MR) is 100 cm³/mol. The molecule has 1 amide bonds. The third-order valence-corrected chi connectivity index (χ3v) is 5.12. The topological polar surface area (TPSA) is 77.5 Å². The summed E-state index contributed by atoms with van der Waals surface area (Å²) in [6, 6.07) is 8.43. The highest BCUT2D eigenvalue weighted by Gasteiger charge is 2.16. The van der Waals surface area contributed by atoms with Crippen molar-refractivity contribution >= 4 is 44.9 Å². The number of amides is 1. The molecule has 0 saturated heterocycles. The van der Waals surface area contributed by atoms with E-state index in [0.29, 0.717) is 28.0 Å². The number of nitrogens with zero attached hydrogens (tertiary/aromatic N) is 1. The zero-order valence-electron chi connectivity index (χ0n) is 14.0.